The summed E-state index contributed by atoms with van der Waals surface area (Å²) in [6.07, 6.45) is 0.910. The van der Waals surface area contributed by atoms with Gasteiger partial charge >= 0.3 is 5.97 Å². The molecule has 0 aliphatic carbocycles. The highest BCUT2D eigenvalue weighted by Crippen LogP contribution is 2.23. The Hall–Kier alpha value is -3.17. The van der Waals surface area contributed by atoms with Crippen LogP contribution in [0.2, 0.25) is 0 Å². The molecule has 0 fully saturated rings. The maximum Gasteiger partial charge on any atom is 0.343 e. The van der Waals surface area contributed by atoms with E-state index in [2.05, 4.69) is 20.3 Å². The second kappa shape index (κ2) is 7.81. The van der Waals surface area contributed by atoms with Crippen molar-refractivity contribution < 1.29 is 32.1 Å². The molecule has 10 heteroatoms. The molecule has 0 amide bonds. The third kappa shape index (κ3) is 3.73. The largest absolute Gasteiger partial charge is 0.462 e. The molecule has 138 valence electrons. The quantitative estimate of drug-likeness (QED) is 0.209. The summed E-state index contributed by atoms with van der Waals surface area (Å²) < 4.78 is 50.3. The summed E-state index contributed by atoms with van der Waals surface area (Å²) in [6, 6.07) is 0.234. The van der Waals surface area contributed by atoms with E-state index in [-0.39, 0.29) is 18.5 Å². The van der Waals surface area contributed by atoms with Crippen molar-refractivity contribution in [3.63, 3.8) is 0 Å². The smallest absolute Gasteiger partial charge is 0.343 e. The van der Waals surface area contributed by atoms with Crippen molar-refractivity contribution in [3.8, 4) is 0 Å². The average molecular weight is 369 g/mol. The molecule has 0 atom stereocenters. The number of nitrogens with zero attached hydrogens (tertiary/aromatic N) is 2. The molecule has 0 bridgehead atoms. The minimum atomic E-state index is -1.44. The van der Waals surface area contributed by atoms with Crippen molar-refractivity contribution >= 4 is 17.6 Å². The summed E-state index contributed by atoms with van der Waals surface area (Å²) >= 11 is 0. The molecule has 7 nitrogen and oxygen atoms in total. The number of benzene rings is 1. The number of carbonyl (C=O) groups is 2. The number of Topliss-reactive ketones (excluding diaryl/α,β-unsaturated/α-hetero) is 1. The van der Waals surface area contributed by atoms with Gasteiger partial charge in [-0.3, -0.25) is 4.79 Å². The van der Waals surface area contributed by atoms with Crippen LogP contribution in [0.1, 0.15) is 28.5 Å². The number of aromatic nitrogens is 2. The molecular weight excluding hydrogens is 355 g/mol. The Morgan fingerprint density at radius 1 is 1.23 bits per heavy atom. The van der Waals surface area contributed by atoms with Crippen molar-refractivity contribution in [2.45, 2.75) is 20.8 Å². The number of hydrogen-bond donors (Lipinski definition) is 1. The lowest BCUT2D eigenvalue weighted by Gasteiger charge is -2.11. The number of halogens is 3. The first-order valence-corrected chi connectivity index (χ1v) is 7.39. The molecule has 0 aliphatic heterocycles. The molecule has 0 radical (unpaired) electrons. The van der Waals surface area contributed by atoms with Crippen LogP contribution < -0.4 is 5.32 Å². The van der Waals surface area contributed by atoms with E-state index in [9.17, 15) is 22.8 Å². The van der Waals surface area contributed by atoms with Gasteiger partial charge in [0.1, 0.15) is 17.1 Å². The van der Waals surface area contributed by atoms with Crippen LogP contribution in [0.15, 0.2) is 22.5 Å². The summed E-state index contributed by atoms with van der Waals surface area (Å²) in [4.78, 5) is 24.7. The third-order valence-electron chi connectivity index (χ3n) is 3.38. The van der Waals surface area contributed by atoms with Gasteiger partial charge in [0.2, 0.25) is 5.78 Å². The Bertz CT molecular complexity index is 893. The lowest BCUT2D eigenvalue weighted by Crippen LogP contribution is -2.20. The van der Waals surface area contributed by atoms with Gasteiger partial charge < -0.3 is 10.1 Å². The number of ether oxygens (including phenoxy) is 1. The van der Waals surface area contributed by atoms with Crippen LogP contribution >= 0.6 is 0 Å². The lowest BCUT2D eigenvalue weighted by atomic mass is 9.98. The van der Waals surface area contributed by atoms with Gasteiger partial charge in [0.25, 0.3) is 0 Å². The van der Waals surface area contributed by atoms with Gasteiger partial charge in [0, 0.05) is 17.8 Å². The molecule has 0 saturated carbocycles. The highest BCUT2D eigenvalue weighted by atomic mass is 19.2. The predicted molar refractivity (Wildman–Crippen MR) is 82.8 cm³/mol. The van der Waals surface area contributed by atoms with Gasteiger partial charge in [-0.05, 0) is 25.9 Å². The van der Waals surface area contributed by atoms with Crippen LogP contribution in [-0.2, 0) is 9.53 Å². The Morgan fingerprint density at radius 2 is 1.92 bits per heavy atom. The van der Waals surface area contributed by atoms with Gasteiger partial charge in [0.15, 0.2) is 17.5 Å². The maximum atomic E-state index is 14.1. The molecule has 1 heterocycles. The standard InChI is InChI=1S/C16H14F3N3O4/c1-4-25-16(24)9(6-20-15-8(3)21-26-22-15)14(23)12-7(2)13(19)11(18)5-10(12)17/h5-6H,4H2,1-3H3,(H,20,22)/b9-6-. The Kier molecular flexibility index (Phi) is 5.75. The first-order valence-electron chi connectivity index (χ1n) is 7.39. The van der Waals surface area contributed by atoms with Gasteiger partial charge in [-0.2, -0.15) is 0 Å². The normalized spacial score (nSPS) is 11.4. The van der Waals surface area contributed by atoms with Crippen molar-refractivity contribution in [1.82, 2.24) is 10.3 Å². The van der Waals surface area contributed by atoms with Crippen LogP contribution in [0.4, 0.5) is 19.0 Å². The van der Waals surface area contributed by atoms with Crippen LogP contribution in [0.25, 0.3) is 0 Å². The zero-order valence-corrected chi connectivity index (χ0v) is 14.0. The Balaban J connectivity index is 2.49. The molecule has 0 spiro atoms. The van der Waals surface area contributed by atoms with Crippen molar-refractivity contribution in [3.05, 3.63) is 52.1 Å². The van der Waals surface area contributed by atoms with Crippen LogP contribution in [-0.4, -0.2) is 28.7 Å². The molecule has 1 aromatic heterocycles. The number of esters is 1. The van der Waals surface area contributed by atoms with Gasteiger partial charge in [-0.1, -0.05) is 5.16 Å². The van der Waals surface area contributed by atoms with E-state index in [4.69, 9.17) is 4.74 Å². The number of rotatable bonds is 6. The number of nitrogens with one attached hydrogen (secondary N) is 1. The first kappa shape index (κ1) is 19.2. The zero-order valence-electron chi connectivity index (χ0n) is 14.0. The Labute approximate surface area is 145 Å². The molecule has 2 rings (SSSR count). The van der Waals surface area contributed by atoms with Crippen molar-refractivity contribution in [1.29, 1.82) is 0 Å². The molecule has 0 saturated heterocycles. The molecular formula is C16H14F3N3O4. The predicted octanol–water partition coefficient (Wildman–Crippen LogP) is 2.85. The highest BCUT2D eigenvalue weighted by molar-refractivity contribution is 6.24. The highest BCUT2D eigenvalue weighted by Gasteiger charge is 2.28. The Morgan fingerprint density at radius 3 is 2.50 bits per heavy atom. The SMILES string of the molecule is CCOC(=O)/C(=C\Nc1nonc1C)C(=O)c1c(F)cc(F)c(F)c1C. The van der Waals surface area contributed by atoms with Crippen molar-refractivity contribution in [2.24, 2.45) is 0 Å². The summed E-state index contributed by atoms with van der Waals surface area (Å²) in [7, 11) is 0. The second-order valence-corrected chi connectivity index (χ2v) is 5.10. The van der Waals surface area contributed by atoms with Gasteiger partial charge in [-0.15, -0.1) is 0 Å². The number of anilines is 1. The molecule has 0 unspecified atom stereocenters. The number of carbonyl (C=O) groups excluding carboxylic acids is 2. The van der Waals surface area contributed by atoms with Crippen molar-refractivity contribution in [2.75, 3.05) is 11.9 Å². The third-order valence-corrected chi connectivity index (χ3v) is 3.38. The number of ketones is 1. The van der Waals surface area contributed by atoms with E-state index in [1.807, 2.05) is 0 Å². The maximum absolute atomic E-state index is 14.1. The van der Waals surface area contributed by atoms with Gasteiger partial charge in [0.05, 0.1) is 12.2 Å². The fourth-order valence-corrected chi connectivity index (χ4v) is 2.06. The summed E-state index contributed by atoms with van der Waals surface area (Å²) in [6.45, 7) is 4.00. The van der Waals surface area contributed by atoms with E-state index in [0.717, 1.165) is 13.1 Å². The van der Waals surface area contributed by atoms with Crippen LogP contribution in [0, 0.1) is 31.3 Å². The van der Waals surface area contributed by atoms with E-state index >= 15 is 0 Å². The van der Waals surface area contributed by atoms with E-state index < -0.39 is 45.9 Å². The second-order valence-electron chi connectivity index (χ2n) is 5.10. The topological polar surface area (TPSA) is 94.3 Å². The van der Waals surface area contributed by atoms with Crippen LogP contribution in [0.3, 0.4) is 0 Å². The van der Waals surface area contributed by atoms with E-state index in [0.29, 0.717) is 5.69 Å². The molecule has 1 N–H and O–H groups in total. The summed E-state index contributed by atoms with van der Waals surface area (Å²) in [5, 5.41) is 9.50. The number of aryl methyl sites for hydroxylation is 1. The van der Waals surface area contributed by atoms with E-state index in [1.54, 1.807) is 0 Å². The fourth-order valence-electron chi connectivity index (χ4n) is 2.06. The minimum Gasteiger partial charge on any atom is -0.462 e. The zero-order chi connectivity index (χ0) is 19.4. The van der Waals surface area contributed by atoms with E-state index in [1.165, 1.54) is 13.8 Å². The summed E-state index contributed by atoms with van der Waals surface area (Å²) in [5.74, 6) is -6.30. The van der Waals surface area contributed by atoms with Gasteiger partial charge in [-0.25, -0.2) is 22.6 Å². The fraction of sp³-hybridized carbons (Fsp3) is 0.250. The average Bonchev–Trinajstić information content (AvgIpc) is 2.98. The summed E-state index contributed by atoms with van der Waals surface area (Å²) in [5.41, 5.74) is -1.66. The monoisotopic (exact) mass is 369 g/mol. The molecule has 2 aromatic rings. The lowest BCUT2D eigenvalue weighted by molar-refractivity contribution is -0.138. The molecule has 1 aromatic carbocycles. The minimum absolute atomic E-state index is 0.0623. The van der Waals surface area contributed by atoms with Crippen LogP contribution in [0.5, 0.6) is 0 Å². The molecule has 0 aliphatic rings. The number of hydrogen-bond acceptors (Lipinski definition) is 7. The molecule has 26 heavy (non-hydrogen) atoms. The first-order chi connectivity index (χ1) is 12.3.